The Kier molecular flexibility index (Phi) is 10.9. The van der Waals surface area contributed by atoms with Crippen molar-refractivity contribution in [3.63, 3.8) is 0 Å². The van der Waals surface area contributed by atoms with E-state index in [9.17, 15) is 19.2 Å². The van der Waals surface area contributed by atoms with Crippen molar-refractivity contribution in [2.24, 2.45) is 5.73 Å². The van der Waals surface area contributed by atoms with E-state index in [0.29, 0.717) is 5.56 Å². The lowest BCUT2D eigenvalue weighted by Crippen LogP contribution is -2.55. The molecule has 206 valence electrons. The lowest BCUT2D eigenvalue weighted by atomic mass is 9.96. The molecule has 2 rings (SSSR count). The standard InChI is InChI=1S/C29H40N4O5/c1-19(2)33(27(36)23(16-17-24(30)34)32-28(37)38-29(4,5)6)25(22-15-11-10-12-20(22)3)26(35)31-18-21-13-8-7-9-14-21/h7-15,19,23,25H,16-18H2,1-6H3,(H2,30,34)(H,31,35)(H,32,37). The first-order valence-corrected chi connectivity index (χ1v) is 12.8. The van der Waals surface area contributed by atoms with Crippen molar-refractivity contribution in [2.45, 2.75) is 84.7 Å². The van der Waals surface area contributed by atoms with Crippen LogP contribution in [0.4, 0.5) is 4.79 Å². The third kappa shape index (κ3) is 9.21. The maximum absolute atomic E-state index is 14.0. The number of aryl methyl sites for hydroxylation is 1. The van der Waals surface area contributed by atoms with Crippen LogP contribution < -0.4 is 16.4 Å². The van der Waals surface area contributed by atoms with Gasteiger partial charge in [-0.05, 0) is 64.7 Å². The Balaban J connectivity index is 2.46. The predicted molar refractivity (Wildman–Crippen MR) is 146 cm³/mol. The zero-order valence-electron chi connectivity index (χ0n) is 23.1. The molecule has 0 aromatic heterocycles. The maximum Gasteiger partial charge on any atom is 0.408 e. The number of benzene rings is 2. The molecule has 2 atom stereocenters. The molecule has 0 fully saturated rings. The number of amides is 4. The first-order valence-electron chi connectivity index (χ1n) is 12.8. The van der Waals surface area contributed by atoms with Crippen molar-refractivity contribution >= 4 is 23.8 Å². The van der Waals surface area contributed by atoms with E-state index in [-0.39, 0.29) is 25.3 Å². The van der Waals surface area contributed by atoms with E-state index in [1.54, 1.807) is 34.6 Å². The second kappa shape index (κ2) is 13.6. The van der Waals surface area contributed by atoms with Crippen LogP contribution >= 0.6 is 0 Å². The summed E-state index contributed by atoms with van der Waals surface area (Å²) in [6, 6.07) is 14.3. The molecule has 2 aromatic rings. The van der Waals surface area contributed by atoms with Crippen LogP contribution in [0.15, 0.2) is 54.6 Å². The van der Waals surface area contributed by atoms with E-state index in [2.05, 4.69) is 10.6 Å². The molecule has 2 unspecified atom stereocenters. The molecule has 38 heavy (non-hydrogen) atoms. The highest BCUT2D eigenvalue weighted by molar-refractivity contribution is 5.92. The van der Waals surface area contributed by atoms with Crippen molar-refractivity contribution in [3.05, 3.63) is 71.3 Å². The van der Waals surface area contributed by atoms with Gasteiger partial charge in [-0.2, -0.15) is 0 Å². The first-order chi connectivity index (χ1) is 17.8. The van der Waals surface area contributed by atoms with E-state index in [0.717, 1.165) is 11.1 Å². The summed E-state index contributed by atoms with van der Waals surface area (Å²) >= 11 is 0. The van der Waals surface area contributed by atoms with Gasteiger partial charge in [0.05, 0.1) is 0 Å². The van der Waals surface area contributed by atoms with Crippen LogP contribution in [0.2, 0.25) is 0 Å². The molecule has 0 saturated heterocycles. The molecule has 0 radical (unpaired) electrons. The molecular weight excluding hydrogens is 484 g/mol. The van der Waals surface area contributed by atoms with E-state index < -0.39 is 41.6 Å². The largest absolute Gasteiger partial charge is 0.444 e. The Bertz CT molecular complexity index is 1110. The number of nitrogens with one attached hydrogen (secondary N) is 2. The highest BCUT2D eigenvalue weighted by atomic mass is 16.6. The summed E-state index contributed by atoms with van der Waals surface area (Å²) in [4.78, 5) is 53.4. The molecule has 0 aliphatic rings. The van der Waals surface area contributed by atoms with Crippen molar-refractivity contribution < 1.29 is 23.9 Å². The molecule has 4 amide bonds. The average Bonchev–Trinajstić information content (AvgIpc) is 2.83. The Morgan fingerprint density at radius 1 is 0.974 bits per heavy atom. The van der Waals surface area contributed by atoms with Gasteiger partial charge in [-0.15, -0.1) is 0 Å². The second-order valence-corrected chi connectivity index (χ2v) is 10.5. The number of primary amides is 1. The fourth-order valence-electron chi connectivity index (χ4n) is 4.05. The van der Waals surface area contributed by atoms with Crippen molar-refractivity contribution in [1.29, 1.82) is 0 Å². The number of hydrogen-bond acceptors (Lipinski definition) is 5. The number of ether oxygens (including phenoxy) is 1. The van der Waals surface area contributed by atoms with Crippen molar-refractivity contribution in [2.75, 3.05) is 0 Å². The number of rotatable bonds is 11. The number of hydrogen-bond donors (Lipinski definition) is 3. The van der Waals surface area contributed by atoms with E-state index in [4.69, 9.17) is 10.5 Å². The molecule has 0 aliphatic carbocycles. The minimum atomic E-state index is -1.13. The number of carbonyl (C=O) groups excluding carboxylic acids is 4. The maximum atomic E-state index is 14.0. The van der Waals surface area contributed by atoms with E-state index >= 15 is 0 Å². The normalized spacial score (nSPS) is 12.8. The van der Waals surface area contributed by atoms with Crippen LogP contribution in [0.5, 0.6) is 0 Å². The molecule has 4 N–H and O–H groups in total. The lowest BCUT2D eigenvalue weighted by Gasteiger charge is -2.37. The molecule has 0 aliphatic heterocycles. The van der Waals surface area contributed by atoms with E-state index in [1.807, 2.05) is 61.5 Å². The van der Waals surface area contributed by atoms with Gasteiger partial charge in [-0.25, -0.2) is 4.79 Å². The topological polar surface area (TPSA) is 131 Å². The molecule has 0 heterocycles. The molecular formula is C29H40N4O5. The first kappa shape index (κ1) is 30.3. The van der Waals surface area contributed by atoms with Gasteiger partial charge in [0, 0.05) is 19.0 Å². The lowest BCUT2D eigenvalue weighted by molar-refractivity contribution is -0.145. The molecule has 0 spiro atoms. The number of nitrogens with two attached hydrogens (primary N) is 1. The van der Waals surface area contributed by atoms with Crippen LogP contribution in [0.3, 0.4) is 0 Å². The fraction of sp³-hybridized carbons (Fsp3) is 0.448. The van der Waals surface area contributed by atoms with Gasteiger partial charge in [0.2, 0.25) is 17.7 Å². The highest BCUT2D eigenvalue weighted by Gasteiger charge is 2.38. The minimum absolute atomic E-state index is 0.0389. The summed E-state index contributed by atoms with van der Waals surface area (Å²) in [5.41, 5.74) is 6.97. The van der Waals surface area contributed by atoms with Gasteiger partial charge < -0.3 is 26.0 Å². The Morgan fingerprint density at radius 2 is 1.58 bits per heavy atom. The number of alkyl carbamates (subject to hydrolysis) is 1. The summed E-state index contributed by atoms with van der Waals surface area (Å²) in [5, 5.41) is 5.55. The van der Waals surface area contributed by atoms with Gasteiger partial charge in [-0.3, -0.25) is 14.4 Å². The van der Waals surface area contributed by atoms with E-state index in [1.165, 1.54) is 4.90 Å². The van der Waals surface area contributed by atoms with Gasteiger partial charge in [0.15, 0.2) is 0 Å². The number of nitrogens with zero attached hydrogens (tertiary/aromatic N) is 1. The van der Waals surface area contributed by atoms with Crippen LogP contribution in [-0.2, 0) is 25.7 Å². The van der Waals surface area contributed by atoms with Gasteiger partial charge >= 0.3 is 6.09 Å². The summed E-state index contributed by atoms with van der Waals surface area (Å²) in [6.07, 6.45) is -0.971. The predicted octanol–water partition coefficient (Wildman–Crippen LogP) is 3.75. The zero-order chi connectivity index (χ0) is 28.5. The van der Waals surface area contributed by atoms with Crippen LogP contribution in [0.1, 0.15) is 70.2 Å². The molecule has 9 nitrogen and oxygen atoms in total. The van der Waals surface area contributed by atoms with Crippen LogP contribution in [0, 0.1) is 6.92 Å². The number of carbonyl (C=O) groups is 4. The van der Waals surface area contributed by atoms with Gasteiger partial charge in [0.25, 0.3) is 0 Å². The smallest absolute Gasteiger partial charge is 0.408 e. The third-order valence-electron chi connectivity index (χ3n) is 5.80. The highest BCUT2D eigenvalue weighted by Crippen LogP contribution is 2.28. The van der Waals surface area contributed by atoms with Gasteiger partial charge in [-0.1, -0.05) is 54.6 Å². The summed E-state index contributed by atoms with van der Waals surface area (Å²) in [6.45, 7) is 10.9. The van der Waals surface area contributed by atoms with Crippen molar-refractivity contribution in [1.82, 2.24) is 15.5 Å². The Hall–Kier alpha value is -3.88. The second-order valence-electron chi connectivity index (χ2n) is 10.5. The quantitative estimate of drug-likeness (QED) is 0.412. The fourth-order valence-corrected chi connectivity index (χ4v) is 4.05. The average molecular weight is 525 g/mol. The summed E-state index contributed by atoms with van der Waals surface area (Å²) in [5.74, 6) is -1.49. The Morgan fingerprint density at radius 3 is 2.13 bits per heavy atom. The third-order valence-corrected chi connectivity index (χ3v) is 5.80. The minimum Gasteiger partial charge on any atom is -0.444 e. The molecule has 0 saturated carbocycles. The van der Waals surface area contributed by atoms with Crippen LogP contribution in [0.25, 0.3) is 0 Å². The van der Waals surface area contributed by atoms with Crippen LogP contribution in [-0.4, -0.2) is 46.4 Å². The molecule has 0 bridgehead atoms. The summed E-state index contributed by atoms with van der Waals surface area (Å²) < 4.78 is 5.35. The molecule has 9 heteroatoms. The Labute approximate surface area is 225 Å². The SMILES string of the molecule is Cc1ccccc1C(C(=O)NCc1ccccc1)N(C(=O)C(CCC(N)=O)NC(=O)OC(C)(C)C)C(C)C. The monoisotopic (exact) mass is 524 g/mol. The van der Waals surface area contributed by atoms with Gasteiger partial charge in [0.1, 0.15) is 17.7 Å². The van der Waals surface area contributed by atoms with Crippen molar-refractivity contribution in [3.8, 4) is 0 Å². The molecule has 2 aromatic carbocycles. The summed E-state index contributed by atoms with van der Waals surface area (Å²) in [7, 11) is 0. The zero-order valence-corrected chi connectivity index (χ0v) is 23.1.